The van der Waals surface area contributed by atoms with Gasteiger partial charge in [-0.1, -0.05) is 45.2 Å². The fraction of sp³-hybridized carbons (Fsp3) is 0.400. The maximum Gasteiger partial charge on any atom is 0.0465 e. The van der Waals surface area contributed by atoms with Gasteiger partial charge in [0, 0.05) is 27.5 Å². The van der Waals surface area contributed by atoms with Gasteiger partial charge in [0.15, 0.2) is 0 Å². The van der Waals surface area contributed by atoms with Crippen LogP contribution in [0.2, 0.25) is 10.0 Å². The van der Waals surface area contributed by atoms with Crippen molar-refractivity contribution in [1.29, 1.82) is 0 Å². The summed E-state index contributed by atoms with van der Waals surface area (Å²) in [6.07, 6.45) is 1.10. The summed E-state index contributed by atoms with van der Waals surface area (Å²) in [5.41, 5.74) is 0.977. The van der Waals surface area contributed by atoms with Gasteiger partial charge < -0.3 is 5.32 Å². The van der Waals surface area contributed by atoms with Crippen molar-refractivity contribution in [3.63, 3.8) is 0 Å². The monoisotopic (exact) mass is 295 g/mol. The summed E-state index contributed by atoms with van der Waals surface area (Å²) in [4.78, 5) is 0. The average Bonchev–Trinajstić information content (AvgIpc) is 2.16. The van der Waals surface area contributed by atoms with Crippen LogP contribution in [0.15, 0.2) is 18.2 Å². The van der Waals surface area contributed by atoms with Crippen LogP contribution in [0.4, 0.5) is 0 Å². The topological polar surface area (TPSA) is 12.0 Å². The van der Waals surface area contributed by atoms with Gasteiger partial charge in [-0.2, -0.15) is 0 Å². The summed E-state index contributed by atoms with van der Waals surface area (Å²) in [7, 11) is 0. The molecular weight excluding hydrogens is 285 g/mol. The second-order valence-corrected chi connectivity index (χ2v) is 4.53. The largest absolute Gasteiger partial charge is 0.313 e. The molecule has 0 unspecified atom stereocenters. The van der Waals surface area contributed by atoms with Crippen LogP contribution in [-0.2, 0) is 6.54 Å². The molecular formula is C10H12BrCl2N. The Morgan fingerprint density at radius 2 is 1.86 bits per heavy atom. The van der Waals surface area contributed by atoms with E-state index in [-0.39, 0.29) is 0 Å². The van der Waals surface area contributed by atoms with E-state index in [4.69, 9.17) is 23.2 Å². The molecule has 1 rings (SSSR count). The van der Waals surface area contributed by atoms with Gasteiger partial charge in [0.1, 0.15) is 0 Å². The third kappa shape index (κ3) is 3.77. The first-order chi connectivity index (χ1) is 6.75. The predicted octanol–water partition coefficient (Wildman–Crippen LogP) is 3.87. The summed E-state index contributed by atoms with van der Waals surface area (Å²) >= 11 is 15.4. The first kappa shape index (κ1) is 12.3. The van der Waals surface area contributed by atoms with Crippen LogP contribution in [-0.4, -0.2) is 11.9 Å². The Hall–Kier alpha value is 0.240. The van der Waals surface area contributed by atoms with E-state index in [1.807, 2.05) is 18.2 Å². The van der Waals surface area contributed by atoms with Crippen molar-refractivity contribution in [3.05, 3.63) is 33.8 Å². The van der Waals surface area contributed by atoms with E-state index in [1.54, 1.807) is 0 Å². The van der Waals surface area contributed by atoms with Gasteiger partial charge in [-0.05, 0) is 25.1 Å². The minimum Gasteiger partial charge on any atom is -0.313 e. The van der Waals surface area contributed by atoms with Crippen molar-refractivity contribution in [2.75, 3.05) is 11.9 Å². The van der Waals surface area contributed by atoms with Gasteiger partial charge >= 0.3 is 0 Å². The molecule has 0 bridgehead atoms. The zero-order valence-electron chi connectivity index (χ0n) is 7.69. The molecule has 1 N–H and O–H groups in total. The summed E-state index contributed by atoms with van der Waals surface area (Å²) < 4.78 is 0. The lowest BCUT2D eigenvalue weighted by Gasteiger charge is -2.07. The van der Waals surface area contributed by atoms with E-state index >= 15 is 0 Å². The molecule has 78 valence electrons. The van der Waals surface area contributed by atoms with Crippen LogP contribution in [0, 0.1) is 0 Å². The molecule has 0 amide bonds. The maximum atomic E-state index is 6.01. The number of rotatable bonds is 5. The first-order valence-corrected chi connectivity index (χ1v) is 6.33. The van der Waals surface area contributed by atoms with E-state index in [9.17, 15) is 0 Å². The Labute approximate surface area is 103 Å². The Bertz CT molecular complexity index is 271. The van der Waals surface area contributed by atoms with Gasteiger partial charge in [0.2, 0.25) is 0 Å². The maximum absolute atomic E-state index is 6.01. The first-order valence-electron chi connectivity index (χ1n) is 4.45. The second-order valence-electron chi connectivity index (χ2n) is 2.92. The van der Waals surface area contributed by atoms with Gasteiger partial charge in [0.25, 0.3) is 0 Å². The van der Waals surface area contributed by atoms with Gasteiger partial charge in [0.05, 0.1) is 0 Å². The molecule has 0 saturated carbocycles. The van der Waals surface area contributed by atoms with Gasteiger partial charge in [-0.25, -0.2) is 0 Å². The van der Waals surface area contributed by atoms with E-state index in [1.165, 1.54) is 0 Å². The fourth-order valence-electron chi connectivity index (χ4n) is 1.11. The van der Waals surface area contributed by atoms with E-state index in [2.05, 4.69) is 21.2 Å². The molecule has 0 aliphatic carbocycles. The smallest absolute Gasteiger partial charge is 0.0465 e. The van der Waals surface area contributed by atoms with Crippen LogP contribution < -0.4 is 5.32 Å². The van der Waals surface area contributed by atoms with Crippen molar-refractivity contribution in [1.82, 2.24) is 5.32 Å². The molecule has 1 aromatic rings. The van der Waals surface area contributed by atoms with Crippen LogP contribution in [0.3, 0.4) is 0 Å². The third-order valence-electron chi connectivity index (χ3n) is 1.85. The summed E-state index contributed by atoms with van der Waals surface area (Å²) in [6, 6.07) is 5.57. The SMILES string of the molecule is Clc1cccc(Cl)c1CNCCCBr. The number of benzene rings is 1. The Kier molecular flexibility index (Phi) is 5.87. The van der Waals surface area contributed by atoms with Crippen LogP contribution in [0.25, 0.3) is 0 Å². The molecule has 0 saturated heterocycles. The van der Waals surface area contributed by atoms with E-state index < -0.39 is 0 Å². The normalized spacial score (nSPS) is 10.5. The molecule has 0 fully saturated rings. The van der Waals surface area contributed by atoms with Gasteiger partial charge in [-0.15, -0.1) is 0 Å². The molecule has 0 atom stereocenters. The average molecular weight is 297 g/mol. The number of hydrogen-bond acceptors (Lipinski definition) is 1. The zero-order chi connectivity index (χ0) is 10.4. The minimum atomic E-state index is 0.726. The summed E-state index contributed by atoms with van der Waals surface area (Å²) in [5.74, 6) is 0. The van der Waals surface area contributed by atoms with E-state index in [0.29, 0.717) is 0 Å². The Morgan fingerprint density at radius 1 is 1.21 bits per heavy atom. The Balaban J connectivity index is 2.49. The lowest BCUT2D eigenvalue weighted by Crippen LogP contribution is -2.15. The molecule has 1 aromatic carbocycles. The zero-order valence-corrected chi connectivity index (χ0v) is 10.8. The van der Waals surface area contributed by atoms with Crippen LogP contribution >= 0.6 is 39.1 Å². The molecule has 0 aromatic heterocycles. The molecule has 0 aliphatic rings. The second kappa shape index (κ2) is 6.67. The highest BCUT2D eigenvalue weighted by Crippen LogP contribution is 2.23. The number of hydrogen-bond donors (Lipinski definition) is 1. The number of halogens is 3. The third-order valence-corrected chi connectivity index (χ3v) is 3.12. The molecule has 0 radical (unpaired) electrons. The van der Waals surface area contributed by atoms with Crippen LogP contribution in [0.1, 0.15) is 12.0 Å². The summed E-state index contributed by atoms with van der Waals surface area (Å²) in [5, 5.41) is 5.75. The highest BCUT2D eigenvalue weighted by atomic mass is 79.9. The molecule has 0 heterocycles. The molecule has 0 spiro atoms. The molecule has 0 aliphatic heterocycles. The molecule has 14 heavy (non-hydrogen) atoms. The Morgan fingerprint density at radius 3 is 2.43 bits per heavy atom. The van der Waals surface area contributed by atoms with Gasteiger partial charge in [-0.3, -0.25) is 0 Å². The predicted molar refractivity (Wildman–Crippen MR) is 66.6 cm³/mol. The van der Waals surface area contributed by atoms with Crippen LogP contribution in [0.5, 0.6) is 0 Å². The van der Waals surface area contributed by atoms with Crippen molar-refractivity contribution >= 4 is 39.1 Å². The van der Waals surface area contributed by atoms with Crippen molar-refractivity contribution in [2.45, 2.75) is 13.0 Å². The van der Waals surface area contributed by atoms with E-state index in [0.717, 1.165) is 40.4 Å². The number of nitrogens with one attached hydrogen (secondary N) is 1. The highest BCUT2D eigenvalue weighted by Gasteiger charge is 2.03. The number of alkyl halides is 1. The standard InChI is InChI=1S/C10H12BrCl2N/c11-5-2-6-14-7-8-9(12)3-1-4-10(8)13/h1,3-4,14H,2,5-7H2. The van der Waals surface area contributed by atoms with Crippen molar-refractivity contribution in [2.24, 2.45) is 0 Å². The molecule has 4 heteroatoms. The molecule has 1 nitrogen and oxygen atoms in total. The highest BCUT2D eigenvalue weighted by molar-refractivity contribution is 9.09. The fourth-order valence-corrected chi connectivity index (χ4v) is 1.92. The lowest BCUT2D eigenvalue weighted by molar-refractivity contribution is 0.680. The quantitative estimate of drug-likeness (QED) is 0.642. The minimum absolute atomic E-state index is 0.726. The summed E-state index contributed by atoms with van der Waals surface area (Å²) in [6.45, 7) is 1.69. The lowest BCUT2D eigenvalue weighted by atomic mass is 10.2. The van der Waals surface area contributed by atoms with Crippen molar-refractivity contribution in [3.8, 4) is 0 Å². The van der Waals surface area contributed by atoms with Crippen molar-refractivity contribution < 1.29 is 0 Å².